The molecular weight excluding hydrogens is 665 g/mol. The van der Waals surface area contributed by atoms with Crippen molar-refractivity contribution < 1.29 is 14.3 Å². The monoisotopic (exact) mass is 697 g/mol. The fourth-order valence-electron chi connectivity index (χ4n) is 6.90. The van der Waals surface area contributed by atoms with Gasteiger partial charge in [0.05, 0.1) is 5.69 Å². The lowest BCUT2D eigenvalue weighted by Gasteiger charge is -2.37. The summed E-state index contributed by atoms with van der Waals surface area (Å²) in [6.07, 6.45) is 7.20. The molecule has 0 spiro atoms. The number of carbonyl (C=O) groups is 2. The minimum atomic E-state index is 0.0586. The lowest BCUT2D eigenvalue weighted by atomic mass is 9.76. The molecule has 2 amide bonds. The molecule has 8 nitrogen and oxygen atoms in total. The van der Waals surface area contributed by atoms with Crippen molar-refractivity contribution in [1.82, 2.24) is 20.2 Å². The lowest BCUT2D eigenvalue weighted by Crippen LogP contribution is -2.41. The Morgan fingerprint density at radius 1 is 1.05 bits per heavy atom. The topological polar surface area (TPSA) is 87.1 Å². The molecule has 3 aliphatic rings. The van der Waals surface area contributed by atoms with Crippen molar-refractivity contribution in [3.05, 3.63) is 91.6 Å². The van der Waals surface area contributed by atoms with E-state index >= 15 is 0 Å². The number of amides is 2. The minimum absolute atomic E-state index is 0.0586. The van der Waals surface area contributed by atoms with Gasteiger partial charge < -0.3 is 14.5 Å². The fraction of sp³-hybridized carbons (Fsp3) is 0.394. The zero-order valence-electron chi connectivity index (χ0n) is 24.2. The molecule has 1 aliphatic carbocycles. The number of nitrogens with one attached hydrogen (secondary N) is 1. The Morgan fingerprint density at radius 3 is 2.57 bits per heavy atom. The molecule has 0 bridgehead atoms. The zero-order valence-corrected chi connectivity index (χ0v) is 27.3. The number of ether oxygens (including phenoxy) is 1. The quantitative estimate of drug-likeness (QED) is 0.139. The van der Waals surface area contributed by atoms with Crippen LogP contribution >= 0.6 is 39.1 Å². The summed E-state index contributed by atoms with van der Waals surface area (Å²) in [6, 6.07) is 15.7. The first-order chi connectivity index (χ1) is 21.4. The average Bonchev–Trinajstić information content (AvgIpc) is 3.42. The summed E-state index contributed by atoms with van der Waals surface area (Å²) in [5, 5.41) is 5.46. The first-order valence-corrected chi connectivity index (χ1v) is 16.6. The summed E-state index contributed by atoms with van der Waals surface area (Å²) in [5.41, 5.74) is 7.00. The SMILES string of the molecule is O=CNN=C(Oc1ccccc1)N1CCC(CC(=O)N2CCC(C3c4ncc(Br)cc4CCc4cc(Cl)cc(Cl)c43)CC2)C1. The van der Waals surface area contributed by atoms with Crippen molar-refractivity contribution in [2.24, 2.45) is 16.9 Å². The summed E-state index contributed by atoms with van der Waals surface area (Å²) in [4.78, 5) is 33.3. The molecule has 3 heterocycles. The third-order valence-corrected chi connectivity index (χ3v) is 9.93. The minimum Gasteiger partial charge on any atom is -0.425 e. The van der Waals surface area contributed by atoms with Gasteiger partial charge in [-0.1, -0.05) is 41.4 Å². The highest BCUT2D eigenvalue weighted by Crippen LogP contribution is 2.46. The van der Waals surface area contributed by atoms with Crippen LogP contribution in [0.1, 0.15) is 54.0 Å². The molecule has 3 aromatic rings. The van der Waals surface area contributed by atoms with Crippen LogP contribution in [0.5, 0.6) is 5.75 Å². The second-order valence-corrected chi connectivity index (χ2v) is 13.5. The molecule has 2 aromatic carbocycles. The number of amidine groups is 1. The number of aryl methyl sites for hydroxylation is 2. The third-order valence-electron chi connectivity index (χ3n) is 8.97. The molecule has 0 saturated carbocycles. The number of benzene rings is 2. The molecule has 2 aliphatic heterocycles. The highest BCUT2D eigenvalue weighted by molar-refractivity contribution is 9.10. The van der Waals surface area contributed by atoms with Gasteiger partial charge in [-0.15, -0.1) is 5.10 Å². The number of para-hydroxylation sites is 1. The maximum Gasteiger partial charge on any atom is 0.315 e. The van der Waals surface area contributed by atoms with Crippen LogP contribution < -0.4 is 10.2 Å². The molecule has 2 unspecified atom stereocenters. The predicted molar refractivity (Wildman–Crippen MR) is 175 cm³/mol. The lowest BCUT2D eigenvalue weighted by molar-refractivity contribution is -0.133. The summed E-state index contributed by atoms with van der Waals surface area (Å²) in [7, 11) is 0. The average molecular weight is 699 g/mol. The van der Waals surface area contributed by atoms with E-state index in [2.05, 4.69) is 38.6 Å². The van der Waals surface area contributed by atoms with E-state index in [-0.39, 0.29) is 17.7 Å². The highest BCUT2D eigenvalue weighted by atomic mass is 79.9. The molecule has 11 heteroatoms. The molecule has 6 rings (SSSR count). The summed E-state index contributed by atoms with van der Waals surface area (Å²) in [6.45, 7) is 2.73. The number of pyridine rings is 1. The molecule has 0 radical (unpaired) electrons. The number of halogens is 3. The van der Waals surface area contributed by atoms with Gasteiger partial charge in [0.1, 0.15) is 5.75 Å². The van der Waals surface area contributed by atoms with Crippen LogP contribution in [0, 0.1) is 11.8 Å². The number of aromatic nitrogens is 1. The Bertz CT molecular complexity index is 1550. The van der Waals surface area contributed by atoms with Gasteiger partial charge in [0.25, 0.3) is 0 Å². The van der Waals surface area contributed by atoms with Crippen LogP contribution in [-0.2, 0) is 22.4 Å². The van der Waals surface area contributed by atoms with Gasteiger partial charge in [-0.25, -0.2) is 5.43 Å². The maximum absolute atomic E-state index is 13.5. The predicted octanol–water partition coefficient (Wildman–Crippen LogP) is 6.43. The van der Waals surface area contributed by atoms with Gasteiger partial charge >= 0.3 is 6.02 Å². The van der Waals surface area contributed by atoms with E-state index < -0.39 is 0 Å². The molecular formula is C33H34BrCl2N5O3. The third kappa shape index (κ3) is 6.90. The van der Waals surface area contributed by atoms with E-state index in [9.17, 15) is 9.59 Å². The molecule has 44 heavy (non-hydrogen) atoms. The van der Waals surface area contributed by atoms with Gasteiger partial charge in [-0.3, -0.25) is 14.6 Å². The normalized spacial score (nSPS) is 20.5. The zero-order chi connectivity index (χ0) is 30.6. The van der Waals surface area contributed by atoms with Crippen molar-refractivity contribution in [3.8, 4) is 5.75 Å². The number of hydrazone groups is 1. The van der Waals surface area contributed by atoms with Crippen LogP contribution in [0.4, 0.5) is 0 Å². The Balaban J connectivity index is 1.11. The molecule has 1 aromatic heterocycles. The van der Waals surface area contributed by atoms with Crippen molar-refractivity contribution >= 4 is 57.5 Å². The summed E-state index contributed by atoms with van der Waals surface area (Å²) < 4.78 is 6.93. The number of rotatable bonds is 6. The molecule has 2 atom stereocenters. The summed E-state index contributed by atoms with van der Waals surface area (Å²) >= 11 is 16.9. The van der Waals surface area contributed by atoms with E-state index in [1.54, 1.807) is 0 Å². The first-order valence-electron chi connectivity index (χ1n) is 15.0. The number of nitrogens with zero attached hydrogens (tertiary/aromatic N) is 4. The second kappa shape index (κ2) is 13.9. The van der Waals surface area contributed by atoms with Gasteiger partial charge in [0.15, 0.2) is 0 Å². The standard InChI is InChI=1S/C33H34BrCl2N5O3/c34-25-15-24-7-6-23-16-26(35)17-28(36)30(23)31(32(24)37-18-25)22-9-12-40(13-10-22)29(43)14-21-8-11-41(19-21)33(39-38-20-42)44-27-4-2-1-3-5-27/h1-5,15-18,20-22,31H,6-14,19H2,(H,38,42). The Hall–Kier alpha value is -3.14. The Labute approximate surface area is 275 Å². The van der Waals surface area contributed by atoms with Crippen molar-refractivity contribution in [2.45, 2.75) is 44.4 Å². The number of likely N-dealkylation sites (tertiary alicyclic amines) is 2. The molecule has 1 N–H and O–H groups in total. The number of carbonyl (C=O) groups excluding carboxylic acids is 2. The maximum atomic E-state index is 13.5. The van der Waals surface area contributed by atoms with E-state index in [1.165, 1.54) is 11.1 Å². The number of piperidine rings is 1. The summed E-state index contributed by atoms with van der Waals surface area (Å²) in [5.74, 6) is 1.35. The van der Waals surface area contributed by atoms with Crippen LogP contribution in [0.3, 0.4) is 0 Å². The Kier molecular flexibility index (Phi) is 9.74. The van der Waals surface area contributed by atoms with E-state index in [0.717, 1.165) is 47.8 Å². The van der Waals surface area contributed by atoms with Gasteiger partial charge in [-0.2, -0.15) is 0 Å². The second-order valence-electron chi connectivity index (χ2n) is 11.7. The van der Waals surface area contributed by atoms with Crippen LogP contribution in [0.2, 0.25) is 10.0 Å². The van der Waals surface area contributed by atoms with E-state index in [0.29, 0.717) is 66.7 Å². The number of hydrogen-bond acceptors (Lipinski definition) is 5. The number of fused-ring (bicyclic) bond motifs is 2. The Morgan fingerprint density at radius 2 is 1.80 bits per heavy atom. The van der Waals surface area contributed by atoms with Crippen LogP contribution in [0.15, 0.2) is 64.3 Å². The van der Waals surface area contributed by atoms with Crippen LogP contribution in [0.25, 0.3) is 0 Å². The highest BCUT2D eigenvalue weighted by Gasteiger charge is 2.37. The van der Waals surface area contributed by atoms with Crippen molar-refractivity contribution in [3.63, 3.8) is 0 Å². The largest absolute Gasteiger partial charge is 0.425 e. The van der Waals surface area contributed by atoms with Gasteiger partial charge in [-0.05, 0) is 107 Å². The molecule has 2 fully saturated rings. The molecule has 2 saturated heterocycles. The fourth-order valence-corrected chi connectivity index (χ4v) is 7.93. The van der Waals surface area contributed by atoms with Crippen molar-refractivity contribution in [1.29, 1.82) is 0 Å². The molecule has 230 valence electrons. The van der Waals surface area contributed by atoms with Crippen molar-refractivity contribution in [2.75, 3.05) is 26.2 Å². The van der Waals surface area contributed by atoms with Crippen LogP contribution in [-0.4, -0.2) is 59.3 Å². The smallest absolute Gasteiger partial charge is 0.315 e. The van der Waals surface area contributed by atoms with Gasteiger partial charge in [0.2, 0.25) is 12.3 Å². The van der Waals surface area contributed by atoms with E-state index in [4.69, 9.17) is 32.9 Å². The number of hydrogen-bond donors (Lipinski definition) is 1. The first kappa shape index (κ1) is 30.9. The van der Waals surface area contributed by atoms with Gasteiger partial charge in [0, 0.05) is 59.2 Å². The van der Waals surface area contributed by atoms with E-state index in [1.807, 2.05) is 52.4 Å².